The van der Waals surface area contributed by atoms with Crippen molar-refractivity contribution in [1.29, 1.82) is 0 Å². The zero-order valence-corrected chi connectivity index (χ0v) is 12.5. The van der Waals surface area contributed by atoms with E-state index in [4.69, 9.17) is 4.84 Å². The van der Waals surface area contributed by atoms with Crippen LogP contribution in [-0.4, -0.2) is 0 Å². The van der Waals surface area contributed by atoms with Crippen molar-refractivity contribution in [2.24, 2.45) is 0 Å². The van der Waals surface area contributed by atoms with E-state index in [1.807, 2.05) is 54.7 Å². The highest BCUT2D eigenvalue weighted by Gasteiger charge is 2.17. The van der Waals surface area contributed by atoms with Crippen molar-refractivity contribution in [3.8, 4) is 11.1 Å². The largest absolute Gasteiger partial charge is 0.357 e. The number of benzene rings is 3. The highest BCUT2D eigenvalue weighted by molar-refractivity contribution is 5.69. The molecule has 0 bridgehead atoms. The molecule has 23 heavy (non-hydrogen) atoms. The molecule has 0 unspecified atom stereocenters. The molecule has 1 heterocycles. The molecule has 0 saturated carbocycles. The number of para-hydroxylation sites is 1. The molecule has 3 nitrogen and oxygen atoms in total. The van der Waals surface area contributed by atoms with Gasteiger partial charge in [0.2, 0.25) is 0 Å². The van der Waals surface area contributed by atoms with Crippen LogP contribution in [0.1, 0.15) is 5.56 Å². The molecule has 0 spiro atoms. The van der Waals surface area contributed by atoms with Crippen LogP contribution in [0.3, 0.4) is 0 Å². The summed E-state index contributed by atoms with van der Waals surface area (Å²) < 4.78 is 0. The van der Waals surface area contributed by atoms with Crippen molar-refractivity contribution in [2.75, 3.05) is 5.17 Å². The first-order chi connectivity index (χ1) is 11.4. The first-order valence-corrected chi connectivity index (χ1v) is 7.55. The number of nitrogens with zero attached hydrogens (tertiary/aromatic N) is 1. The van der Waals surface area contributed by atoms with Crippen molar-refractivity contribution in [3.05, 3.63) is 96.7 Å². The lowest BCUT2D eigenvalue weighted by Crippen LogP contribution is -2.27. The Kier molecular flexibility index (Phi) is 3.45. The zero-order chi connectivity index (χ0) is 15.5. The first kappa shape index (κ1) is 13.5. The Labute approximate surface area is 135 Å². The number of hydrogen-bond donors (Lipinski definition) is 1. The Balaban J connectivity index is 1.51. The third-order valence-electron chi connectivity index (χ3n) is 3.77. The lowest BCUT2D eigenvalue weighted by molar-refractivity contribution is 0.243. The van der Waals surface area contributed by atoms with E-state index >= 15 is 0 Å². The van der Waals surface area contributed by atoms with Crippen LogP contribution in [0.15, 0.2) is 91.1 Å². The van der Waals surface area contributed by atoms with Crippen LogP contribution in [0.2, 0.25) is 0 Å². The second kappa shape index (κ2) is 5.89. The fourth-order valence-corrected chi connectivity index (χ4v) is 2.55. The van der Waals surface area contributed by atoms with Crippen LogP contribution < -0.4 is 10.6 Å². The van der Waals surface area contributed by atoms with Gasteiger partial charge in [-0.2, -0.15) is 0 Å². The Bertz CT molecular complexity index is 811. The summed E-state index contributed by atoms with van der Waals surface area (Å²) in [4.78, 5) is 5.86. The molecule has 0 amide bonds. The van der Waals surface area contributed by atoms with Crippen LogP contribution in [0.25, 0.3) is 16.9 Å². The van der Waals surface area contributed by atoms with Crippen LogP contribution in [0, 0.1) is 0 Å². The van der Waals surface area contributed by atoms with Gasteiger partial charge in [0.1, 0.15) is 0 Å². The van der Waals surface area contributed by atoms with Gasteiger partial charge >= 0.3 is 0 Å². The Morgan fingerprint density at radius 2 is 1.17 bits per heavy atom. The topological polar surface area (TPSA) is 24.5 Å². The third-order valence-corrected chi connectivity index (χ3v) is 3.77. The maximum Gasteiger partial charge on any atom is 0.182 e. The van der Waals surface area contributed by atoms with Gasteiger partial charge in [-0.05, 0) is 23.3 Å². The minimum Gasteiger partial charge on any atom is -0.357 e. The summed E-state index contributed by atoms with van der Waals surface area (Å²) in [5.41, 5.74) is 7.52. The molecular weight excluding hydrogens is 284 g/mol. The van der Waals surface area contributed by atoms with Crippen molar-refractivity contribution in [1.82, 2.24) is 5.43 Å². The van der Waals surface area contributed by atoms with Crippen LogP contribution in [0.4, 0.5) is 5.69 Å². The molecule has 0 aromatic heterocycles. The average molecular weight is 300 g/mol. The van der Waals surface area contributed by atoms with Gasteiger partial charge in [0, 0.05) is 5.56 Å². The van der Waals surface area contributed by atoms with Gasteiger partial charge < -0.3 is 4.84 Å². The molecule has 0 saturated heterocycles. The Hall–Kier alpha value is -3.20. The Morgan fingerprint density at radius 1 is 0.609 bits per heavy atom. The summed E-state index contributed by atoms with van der Waals surface area (Å²) in [5.74, 6) is 0.800. The summed E-state index contributed by atoms with van der Waals surface area (Å²) in [5, 5.41) is 1.65. The van der Waals surface area contributed by atoms with Gasteiger partial charge in [-0.1, -0.05) is 72.8 Å². The van der Waals surface area contributed by atoms with Gasteiger partial charge in [-0.3, -0.25) is 5.43 Å². The Morgan fingerprint density at radius 3 is 1.87 bits per heavy atom. The summed E-state index contributed by atoms with van der Waals surface area (Å²) in [6.07, 6.45) is 1.87. The molecule has 3 aromatic rings. The van der Waals surface area contributed by atoms with Gasteiger partial charge in [0.05, 0.1) is 11.9 Å². The van der Waals surface area contributed by atoms with E-state index in [1.165, 1.54) is 11.1 Å². The molecule has 3 aromatic carbocycles. The predicted octanol–water partition coefficient (Wildman–Crippen LogP) is 4.61. The van der Waals surface area contributed by atoms with E-state index in [9.17, 15) is 0 Å². The normalized spacial score (nSPS) is 13.2. The first-order valence-electron chi connectivity index (χ1n) is 7.55. The number of hydrogen-bond acceptors (Lipinski definition) is 3. The summed E-state index contributed by atoms with van der Waals surface area (Å²) in [7, 11) is 0. The highest BCUT2D eigenvalue weighted by atomic mass is 16.7. The van der Waals surface area contributed by atoms with E-state index in [1.54, 1.807) is 5.17 Å². The van der Waals surface area contributed by atoms with Gasteiger partial charge in [-0.25, -0.2) is 0 Å². The molecule has 0 atom stereocenters. The highest BCUT2D eigenvalue weighted by Crippen LogP contribution is 2.27. The molecule has 112 valence electrons. The van der Waals surface area contributed by atoms with Gasteiger partial charge in [0.25, 0.3) is 0 Å². The standard InChI is InChI=1S/C20H16N2O/c1-3-7-16(8-4-1)17-11-13-18(14-12-17)20-15-21-22(23-20)19-9-5-2-6-10-19/h1-15,21H. The second-order valence-corrected chi connectivity index (χ2v) is 5.30. The van der Waals surface area contributed by atoms with E-state index in [2.05, 4.69) is 41.8 Å². The molecule has 1 N–H and O–H groups in total. The molecule has 3 heteroatoms. The zero-order valence-electron chi connectivity index (χ0n) is 12.5. The van der Waals surface area contributed by atoms with Crippen molar-refractivity contribution in [2.45, 2.75) is 0 Å². The maximum absolute atomic E-state index is 5.86. The van der Waals surface area contributed by atoms with E-state index in [-0.39, 0.29) is 0 Å². The summed E-state index contributed by atoms with van der Waals surface area (Å²) >= 11 is 0. The monoisotopic (exact) mass is 300 g/mol. The molecule has 0 fully saturated rings. The van der Waals surface area contributed by atoms with E-state index < -0.39 is 0 Å². The fourth-order valence-electron chi connectivity index (χ4n) is 2.55. The maximum atomic E-state index is 5.86. The number of rotatable bonds is 3. The summed E-state index contributed by atoms with van der Waals surface area (Å²) in [6.45, 7) is 0. The average Bonchev–Trinajstić information content (AvgIpc) is 3.14. The fraction of sp³-hybridized carbons (Fsp3) is 0. The van der Waals surface area contributed by atoms with Gasteiger partial charge in [0.15, 0.2) is 5.76 Å². The minimum atomic E-state index is 0.800. The quantitative estimate of drug-likeness (QED) is 0.764. The van der Waals surface area contributed by atoms with Gasteiger partial charge in [-0.15, -0.1) is 5.17 Å². The number of nitrogens with one attached hydrogen (secondary N) is 1. The van der Waals surface area contributed by atoms with Crippen molar-refractivity contribution in [3.63, 3.8) is 0 Å². The smallest absolute Gasteiger partial charge is 0.182 e. The van der Waals surface area contributed by atoms with Crippen molar-refractivity contribution < 1.29 is 4.84 Å². The molecular formula is C20H16N2O. The molecule has 0 aliphatic carbocycles. The van der Waals surface area contributed by atoms with E-state index in [0.717, 1.165) is 17.0 Å². The van der Waals surface area contributed by atoms with Crippen LogP contribution in [0.5, 0.6) is 0 Å². The second-order valence-electron chi connectivity index (χ2n) is 5.30. The number of anilines is 1. The molecule has 4 rings (SSSR count). The van der Waals surface area contributed by atoms with E-state index in [0.29, 0.717) is 0 Å². The summed E-state index contributed by atoms with van der Waals surface area (Å²) in [6, 6.07) is 28.6. The van der Waals surface area contributed by atoms with Crippen molar-refractivity contribution >= 4 is 11.4 Å². The lowest BCUT2D eigenvalue weighted by atomic mass is 10.0. The molecule has 1 aliphatic heterocycles. The SMILES string of the molecule is C1=C(c2ccc(-c3ccccc3)cc2)ON(c2ccccc2)N1. The number of hydrazine groups is 1. The van der Waals surface area contributed by atoms with Crippen LogP contribution in [-0.2, 0) is 4.84 Å². The molecule has 0 radical (unpaired) electrons. The minimum absolute atomic E-state index is 0.800. The molecule has 1 aliphatic rings. The van der Waals surface area contributed by atoms with Crippen LogP contribution >= 0.6 is 0 Å². The predicted molar refractivity (Wildman–Crippen MR) is 93.0 cm³/mol. The lowest BCUT2D eigenvalue weighted by Gasteiger charge is -2.17. The third kappa shape index (κ3) is 2.77.